The van der Waals surface area contributed by atoms with E-state index in [4.69, 9.17) is 9.47 Å². The number of ether oxygens (including phenoxy) is 2. The zero-order valence-corrected chi connectivity index (χ0v) is 16.3. The zero-order valence-electron chi connectivity index (χ0n) is 16.3. The highest BCUT2D eigenvalue weighted by molar-refractivity contribution is 5.85. The van der Waals surface area contributed by atoms with E-state index in [-0.39, 0.29) is 12.5 Å². The first kappa shape index (κ1) is 20.2. The average molecular weight is 366 g/mol. The number of benzene rings is 2. The molecule has 27 heavy (non-hydrogen) atoms. The van der Waals surface area contributed by atoms with Crippen LogP contribution in [0.4, 0.5) is 0 Å². The normalized spacial score (nSPS) is 10.7. The van der Waals surface area contributed by atoms with Gasteiger partial charge < -0.3 is 9.47 Å². The molecule has 0 aromatic heterocycles. The van der Waals surface area contributed by atoms with Crippen molar-refractivity contribution < 1.29 is 14.3 Å². The monoisotopic (exact) mass is 366 g/mol. The van der Waals surface area contributed by atoms with Crippen molar-refractivity contribution in [1.29, 1.82) is 0 Å². The van der Waals surface area contributed by atoms with Crippen LogP contribution in [0.5, 0.6) is 11.5 Å². The van der Waals surface area contributed by atoms with Crippen molar-refractivity contribution in [3.63, 3.8) is 0 Å². The molecular formula is C22H26N2O3. The highest BCUT2D eigenvalue weighted by atomic mass is 16.5. The van der Waals surface area contributed by atoms with Gasteiger partial charge in [0, 0.05) is 5.56 Å². The van der Waals surface area contributed by atoms with Gasteiger partial charge in [0.1, 0.15) is 0 Å². The summed E-state index contributed by atoms with van der Waals surface area (Å²) in [5, 5.41) is 4.04. The van der Waals surface area contributed by atoms with Crippen LogP contribution in [-0.2, 0) is 11.2 Å². The summed E-state index contributed by atoms with van der Waals surface area (Å²) in [7, 11) is 1.57. The molecule has 0 aliphatic heterocycles. The van der Waals surface area contributed by atoms with Crippen molar-refractivity contribution in [2.45, 2.75) is 27.2 Å². The molecule has 2 aromatic carbocycles. The lowest BCUT2D eigenvalue weighted by Crippen LogP contribution is -2.24. The maximum absolute atomic E-state index is 12.0. The van der Waals surface area contributed by atoms with Crippen molar-refractivity contribution in [1.82, 2.24) is 5.43 Å². The fourth-order valence-corrected chi connectivity index (χ4v) is 2.86. The number of hydrazone groups is 1. The molecule has 0 unspecified atom stereocenters. The maximum atomic E-state index is 12.0. The number of aryl methyl sites for hydroxylation is 3. The number of hydrogen-bond acceptors (Lipinski definition) is 4. The highest BCUT2D eigenvalue weighted by Crippen LogP contribution is 2.28. The molecule has 5 heteroatoms. The molecule has 0 saturated carbocycles. The second kappa shape index (κ2) is 9.57. The molecule has 0 bridgehead atoms. The van der Waals surface area contributed by atoms with Crippen molar-refractivity contribution >= 4 is 12.1 Å². The molecule has 0 radical (unpaired) electrons. The molecule has 0 aliphatic rings. The molecule has 1 amide bonds. The Labute approximate surface area is 160 Å². The lowest BCUT2D eigenvalue weighted by atomic mass is 10.0. The SMILES string of the molecule is C=CCc1ccc(OCC(=O)N/N=C\c2c(C)cc(C)cc2C)c(OC)c1. The van der Waals surface area contributed by atoms with Crippen molar-refractivity contribution in [3.05, 3.63) is 70.8 Å². The summed E-state index contributed by atoms with van der Waals surface area (Å²) >= 11 is 0. The van der Waals surface area contributed by atoms with E-state index in [9.17, 15) is 4.79 Å². The molecule has 5 nitrogen and oxygen atoms in total. The molecule has 1 N–H and O–H groups in total. The van der Waals surface area contributed by atoms with Crippen LogP contribution < -0.4 is 14.9 Å². The Hall–Kier alpha value is -3.08. The smallest absolute Gasteiger partial charge is 0.277 e. The number of nitrogens with zero attached hydrogens (tertiary/aromatic N) is 1. The van der Waals surface area contributed by atoms with E-state index < -0.39 is 0 Å². The predicted octanol–water partition coefficient (Wildman–Crippen LogP) is 3.88. The van der Waals surface area contributed by atoms with Gasteiger partial charge in [-0.05, 0) is 56.0 Å². The fraction of sp³-hybridized carbons (Fsp3) is 0.273. The van der Waals surface area contributed by atoms with E-state index in [2.05, 4.69) is 36.2 Å². The first-order valence-electron chi connectivity index (χ1n) is 8.75. The minimum Gasteiger partial charge on any atom is -0.493 e. The van der Waals surface area contributed by atoms with Gasteiger partial charge in [0.15, 0.2) is 18.1 Å². The van der Waals surface area contributed by atoms with Crippen LogP contribution in [0.15, 0.2) is 48.1 Å². The molecular weight excluding hydrogens is 340 g/mol. The van der Waals surface area contributed by atoms with Gasteiger partial charge in [-0.15, -0.1) is 6.58 Å². The molecule has 0 atom stereocenters. The van der Waals surface area contributed by atoms with Gasteiger partial charge in [-0.2, -0.15) is 5.10 Å². The lowest BCUT2D eigenvalue weighted by molar-refractivity contribution is -0.123. The number of nitrogens with one attached hydrogen (secondary N) is 1. The Morgan fingerprint density at radius 1 is 1.15 bits per heavy atom. The molecule has 0 saturated heterocycles. The third-order valence-corrected chi connectivity index (χ3v) is 4.09. The van der Waals surface area contributed by atoms with Crippen LogP contribution >= 0.6 is 0 Å². The molecule has 0 aliphatic carbocycles. The fourth-order valence-electron chi connectivity index (χ4n) is 2.86. The van der Waals surface area contributed by atoms with Crippen LogP contribution in [0.2, 0.25) is 0 Å². The average Bonchev–Trinajstić information content (AvgIpc) is 2.62. The molecule has 142 valence electrons. The van der Waals surface area contributed by atoms with Crippen LogP contribution in [-0.4, -0.2) is 25.8 Å². The quantitative estimate of drug-likeness (QED) is 0.438. The highest BCUT2D eigenvalue weighted by Gasteiger charge is 2.08. The van der Waals surface area contributed by atoms with Gasteiger partial charge in [-0.1, -0.05) is 29.8 Å². The first-order valence-corrected chi connectivity index (χ1v) is 8.75. The zero-order chi connectivity index (χ0) is 19.8. The minimum absolute atomic E-state index is 0.152. The second-order valence-corrected chi connectivity index (χ2v) is 6.37. The number of amides is 1. The summed E-state index contributed by atoms with van der Waals surface area (Å²) in [6.07, 6.45) is 4.22. The largest absolute Gasteiger partial charge is 0.493 e. The van der Waals surface area contributed by atoms with Gasteiger partial charge >= 0.3 is 0 Å². The predicted molar refractivity (Wildman–Crippen MR) is 109 cm³/mol. The van der Waals surface area contributed by atoms with E-state index in [1.807, 2.05) is 32.1 Å². The minimum atomic E-state index is -0.342. The molecule has 2 aromatic rings. The van der Waals surface area contributed by atoms with E-state index in [0.717, 1.165) is 28.7 Å². The number of hydrogen-bond donors (Lipinski definition) is 1. The lowest BCUT2D eigenvalue weighted by Gasteiger charge is -2.11. The summed E-state index contributed by atoms with van der Waals surface area (Å²) in [4.78, 5) is 12.0. The summed E-state index contributed by atoms with van der Waals surface area (Å²) in [6.45, 7) is 9.67. The van der Waals surface area contributed by atoms with Gasteiger partial charge in [-0.3, -0.25) is 4.79 Å². The molecule has 0 fully saturated rings. The van der Waals surface area contributed by atoms with E-state index >= 15 is 0 Å². The van der Waals surface area contributed by atoms with Gasteiger partial charge in [0.25, 0.3) is 5.91 Å². The molecule has 0 heterocycles. The summed E-state index contributed by atoms with van der Waals surface area (Å²) < 4.78 is 10.9. The number of carbonyl (C=O) groups is 1. The Morgan fingerprint density at radius 3 is 2.48 bits per heavy atom. The molecule has 2 rings (SSSR count). The molecule has 0 spiro atoms. The number of methoxy groups -OCH3 is 1. The van der Waals surface area contributed by atoms with Crippen LogP contribution in [0.3, 0.4) is 0 Å². The summed E-state index contributed by atoms with van der Waals surface area (Å²) in [6, 6.07) is 9.74. The number of allylic oxidation sites excluding steroid dienone is 1. The standard InChI is InChI=1S/C22H26N2O3/c1-6-7-18-8-9-20(21(12-18)26-5)27-14-22(25)24-23-13-19-16(3)10-15(2)11-17(19)4/h6,8-13H,1,7,14H2,2-5H3,(H,24,25)/b23-13-. The Bertz CT molecular complexity index is 834. The van der Waals surface area contributed by atoms with Crippen LogP contribution in [0, 0.1) is 20.8 Å². The Balaban J connectivity index is 1.94. The Kier molecular flexibility index (Phi) is 7.17. The topological polar surface area (TPSA) is 59.9 Å². The maximum Gasteiger partial charge on any atom is 0.277 e. The second-order valence-electron chi connectivity index (χ2n) is 6.37. The summed E-state index contributed by atoms with van der Waals surface area (Å²) in [5.74, 6) is 0.747. The Morgan fingerprint density at radius 2 is 1.85 bits per heavy atom. The van der Waals surface area contributed by atoms with Crippen molar-refractivity contribution in [3.8, 4) is 11.5 Å². The van der Waals surface area contributed by atoms with Gasteiger partial charge in [0.05, 0.1) is 13.3 Å². The first-order chi connectivity index (χ1) is 12.9. The van der Waals surface area contributed by atoms with Crippen molar-refractivity contribution in [2.75, 3.05) is 13.7 Å². The number of carbonyl (C=O) groups excluding carboxylic acids is 1. The van der Waals surface area contributed by atoms with Crippen molar-refractivity contribution in [2.24, 2.45) is 5.10 Å². The van der Waals surface area contributed by atoms with Gasteiger partial charge in [-0.25, -0.2) is 5.43 Å². The van der Waals surface area contributed by atoms with Crippen LogP contribution in [0.25, 0.3) is 0 Å². The van der Waals surface area contributed by atoms with Crippen LogP contribution in [0.1, 0.15) is 27.8 Å². The number of rotatable bonds is 8. The van der Waals surface area contributed by atoms with Gasteiger partial charge in [0.2, 0.25) is 0 Å². The third kappa shape index (κ3) is 5.71. The summed E-state index contributed by atoms with van der Waals surface area (Å²) in [5.41, 5.74) is 7.99. The van der Waals surface area contributed by atoms with E-state index in [1.165, 1.54) is 5.56 Å². The van der Waals surface area contributed by atoms with E-state index in [1.54, 1.807) is 19.4 Å². The third-order valence-electron chi connectivity index (χ3n) is 4.09. The van der Waals surface area contributed by atoms with E-state index in [0.29, 0.717) is 11.5 Å².